The summed E-state index contributed by atoms with van der Waals surface area (Å²) in [5.74, 6) is 1.73. The molecule has 0 saturated heterocycles. The van der Waals surface area contributed by atoms with Crippen LogP contribution in [0.4, 0.5) is 0 Å². The third-order valence-electron chi connectivity index (χ3n) is 3.58. The number of ether oxygens (including phenoxy) is 1. The second kappa shape index (κ2) is 11.3. The van der Waals surface area contributed by atoms with E-state index in [0.29, 0.717) is 6.54 Å². The van der Waals surface area contributed by atoms with Gasteiger partial charge in [-0.1, -0.05) is 12.1 Å². The van der Waals surface area contributed by atoms with E-state index in [4.69, 9.17) is 4.74 Å². The SMILES string of the molecule is CCNC(=NCc1ccc(C)c(OC)c1)NCCc1csc(C)n1.I. The van der Waals surface area contributed by atoms with E-state index in [0.717, 1.165) is 53.0 Å². The van der Waals surface area contributed by atoms with Crippen molar-refractivity contribution in [2.45, 2.75) is 33.7 Å². The van der Waals surface area contributed by atoms with Gasteiger partial charge in [-0.05, 0) is 38.0 Å². The molecular weight excluding hydrogens is 447 g/mol. The Bertz CT molecular complexity index is 687. The molecule has 0 aliphatic heterocycles. The summed E-state index contributed by atoms with van der Waals surface area (Å²) in [7, 11) is 1.70. The summed E-state index contributed by atoms with van der Waals surface area (Å²) >= 11 is 1.69. The summed E-state index contributed by atoms with van der Waals surface area (Å²) < 4.78 is 5.37. The average Bonchev–Trinajstić information content (AvgIpc) is 2.99. The first-order chi connectivity index (χ1) is 11.6. The third kappa shape index (κ3) is 7.19. The van der Waals surface area contributed by atoms with Gasteiger partial charge in [-0.15, -0.1) is 35.3 Å². The summed E-state index contributed by atoms with van der Waals surface area (Å²) in [4.78, 5) is 9.13. The van der Waals surface area contributed by atoms with Crippen molar-refractivity contribution >= 4 is 41.3 Å². The highest BCUT2D eigenvalue weighted by Crippen LogP contribution is 2.19. The molecule has 2 aromatic rings. The van der Waals surface area contributed by atoms with E-state index in [1.54, 1.807) is 18.4 Å². The van der Waals surface area contributed by atoms with E-state index >= 15 is 0 Å². The maximum atomic E-state index is 5.37. The molecule has 7 heteroatoms. The number of aliphatic imine (C=N–C) groups is 1. The molecular formula is C18H27IN4OS. The molecule has 0 aliphatic rings. The van der Waals surface area contributed by atoms with Crippen LogP contribution in [0.15, 0.2) is 28.6 Å². The zero-order chi connectivity index (χ0) is 17.4. The van der Waals surface area contributed by atoms with Gasteiger partial charge < -0.3 is 15.4 Å². The van der Waals surface area contributed by atoms with E-state index in [1.165, 1.54) is 0 Å². The van der Waals surface area contributed by atoms with Gasteiger partial charge >= 0.3 is 0 Å². The number of methoxy groups -OCH3 is 1. The number of benzene rings is 1. The number of hydrogen-bond acceptors (Lipinski definition) is 4. The first-order valence-corrected chi connectivity index (χ1v) is 9.07. The van der Waals surface area contributed by atoms with Crippen LogP contribution in [0.1, 0.15) is 28.8 Å². The highest BCUT2D eigenvalue weighted by molar-refractivity contribution is 14.0. The number of guanidine groups is 1. The fourth-order valence-electron chi connectivity index (χ4n) is 2.31. The van der Waals surface area contributed by atoms with Crippen molar-refractivity contribution in [1.29, 1.82) is 0 Å². The number of halogens is 1. The maximum absolute atomic E-state index is 5.37. The Labute approximate surface area is 171 Å². The molecule has 2 rings (SSSR count). The van der Waals surface area contributed by atoms with Crippen molar-refractivity contribution in [3.63, 3.8) is 0 Å². The minimum absolute atomic E-state index is 0. The fourth-order valence-corrected chi connectivity index (χ4v) is 2.95. The normalized spacial score (nSPS) is 11.0. The summed E-state index contributed by atoms with van der Waals surface area (Å²) in [5.41, 5.74) is 3.39. The van der Waals surface area contributed by atoms with Crippen LogP contribution in [0.3, 0.4) is 0 Å². The van der Waals surface area contributed by atoms with Crippen LogP contribution in [-0.4, -0.2) is 31.1 Å². The van der Waals surface area contributed by atoms with E-state index < -0.39 is 0 Å². The van der Waals surface area contributed by atoms with Crippen molar-refractivity contribution < 1.29 is 4.74 Å². The average molecular weight is 474 g/mol. The van der Waals surface area contributed by atoms with Crippen LogP contribution >= 0.6 is 35.3 Å². The molecule has 1 heterocycles. The van der Waals surface area contributed by atoms with Crippen molar-refractivity contribution in [1.82, 2.24) is 15.6 Å². The van der Waals surface area contributed by atoms with Gasteiger partial charge in [-0.2, -0.15) is 0 Å². The van der Waals surface area contributed by atoms with Gasteiger partial charge in [0.25, 0.3) is 0 Å². The molecule has 0 saturated carbocycles. The summed E-state index contributed by atoms with van der Waals surface area (Å²) in [5, 5.41) is 9.86. The van der Waals surface area contributed by atoms with Gasteiger partial charge in [0.1, 0.15) is 5.75 Å². The van der Waals surface area contributed by atoms with E-state index in [2.05, 4.69) is 45.0 Å². The molecule has 0 bridgehead atoms. The molecule has 1 aromatic heterocycles. The molecule has 0 aliphatic carbocycles. The van der Waals surface area contributed by atoms with Crippen LogP contribution in [-0.2, 0) is 13.0 Å². The molecule has 0 radical (unpaired) electrons. The fraction of sp³-hybridized carbons (Fsp3) is 0.444. The van der Waals surface area contributed by atoms with Crippen LogP contribution in [0.5, 0.6) is 5.75 Å². The van der Waals surface area contributed by atoms with Crippen molar-refractivity contribution in [3.05, 3.63) is 45.4 Å². The molecule has 2 N–H and O–H groups in total. The van der Waals surface area contributed by atoms with Gasteiger partial charge in [-0.25, -0.2) is 9.98 Å². The van der Waals surface area contributed by atoms with Crippen LogP contribution in [0.25, 0.3) is 0 Å². The van der Waals surface area contributed by atoms with Gasteiger partial charge in [0.15, 0.2) is 5.96 Å². The lowest BCUT2D eigenvalue weighted by molar-refractivity contribution is 0.411. The molecule has 0 unspecified atom stereocenters. The molecule has 25 heavy (non-hydrogen) atoms. The molecule has 5 nitrogen and oxygen atoms in total. The van der Waals surface area contributed by atoms with Crippen LogP contribution in [0, 0.1) is 13.8 Å². The van der Waals surface area contributed by atoms with Crippen molar-refractivity contribution in [2.24, 2.45) is 4.99 Å². The standard InChI is InChI=1S/C18H26N4OS.HI/c1-5-19-18(20-9-8-16-12-24-14(3)22-16)21-11-15-7-6-13(2)17(10-15)23-4;/h6-7,10,12H,5,8-9,11H2,1-4H3,(H2,19,20,21);1H. The quantitative estimate of drug-likeness (QED) is 0.365. The predicted molar refractivity (Wildman–Crippen MR) is 117 cm³/mol. The first kappa shape index (κ1) is 21.7. The Morgan fingerprint density at radius 2 is 2.08 bits per heavy atom. The third-order valence-corrected chi connectivity index (χ3v) is 4.40. The molecule has 138 valence electrons. The lowest BCUT2D eigenvalue weighted by Crippen LogP contribution is -2.38. The summed E-state index contributed by atoms with van der Waals surface area (Å²) in [6.45, 7) is 8.39. The Morgan fingerprint density at radius 1 is 1.28 bits per heavy atom. The lowest BCUT2D eigenvalue weighted by Gasteiger charge is -2.11. The molecule has 0 atom stereocenters. The number of rotatable bonds is 7. The Kier molecular flexibility index (Phi) is 9.81. The second-order valence-electron chi connectivity index (χ2n) is 5.53. The second-order valence-corrected chi connectivity index (χ2v) is 6.60. The lowest BCUT2D eigenvalue weighted by atomic mass is 10.1. The predicted octanol–water partition coefficient (Wildman–Crippen LogP) is 3.68. The molecule has 0 spiro atoms. The molecule has 1 aromatic carbocycles. The number of thiazole rings is 1. The highest BCUT2D eigenvalue weighted by Gasteiger charge is 2.03. The number of nitrogens with zero attached hydrogens (tertiary/aromatic N) is 2. The van der Waals surface area contributed by atoms with Gasteiger partial charge in [0.2, 0.25) is 0 Å². The number of aromatic nitrogens is 1. The largest absolute Gasteiger partial charge is 0.496 e. The molecule has 0 amide bonds. The summed E-state index contributed by atoms with van der Waals surface area (Å²) in [6.07, 6.45) is 0.896. The Balaban J connectivity index is 0.00000312. The number of hydrogen-bond donors (Lipinski definition) is 2. The summed E-state index contributed by atoms with van der Waals surface area (Å²) in [6, 6.07) is 6.19. The minimum atomic E-state index is 0. The van der Waals surface area contributed by atoms with E-state index in [9.17, 15) is 0 Å². The molecule has 0 fully saturated rings. The van der Waals surface area contributed by atoms with Gasteiger partial charge in [0.05, 0.1) is 24.4 Å². The minimum Gasteiger partial charge on any atom is -0.496 e. The van der Waals surface area contributed by atoms with Gasteiger partial charge in [-0.3, -0.25) is 0 Å². The Hall–Kier alpha value is -1.35. The van der Waals surface area contributed by atoms with E-state index in [1.807, 2.05) is 19.9 Å². The Morgan fingerprint density at radius 3 is 2.72 bits per heavy atom. The number of nitrogens with one attached hydrogen (secondary N) is 2. The zero-order valence-corrected chi connectivity index (χ0v) is 18.4. The zero-order valence-electron chi connectivity index (χ0n) is 15.3. The van der Waals surface area contributed by atoms with Crippen molar-refractivity contribution in [2.75, 3.05) is 20.2 Å². The maximum Gasteiger partial charge on any atom is 0.191 e. The van der Waals surface area contributed by atoms with Crippen LogP contribution < -0.4 is 15.4 Å². The number of aryl methyl sites for hydroxylation is 2. The monoisotopic (exact) mass is 474 g/mol. The topological polar surface area (TPSA) is 58.5 Å². The van der Waals surface area contributed by atoms with E-state index in [-0.39, 0.29) is 24.0 Å². The first-order valence-electron chi connectivity index (χ1n) is 8.19. The van der Waals surface area contributed by atoms with Crippen molar-refractivity contribution in [3.8, 4) is 5.75 Å². The smallest absolute Gasteiger partial charge is 0.191 e. The highest BCUT2D eigenvalue weighted by atomic mass is 127. The van der Waals surface area contributed by atoms with Crippen LogP contribution in [0.2, 0.25) is 0 Å². The van der Waals surface area contributed by atoms with Gasteiger partial charge in [0, 0.05) is 24.9 Å².